The van der Waals surface area contributed by atoms with E-state index in [2.05, 4.69) is 10.6 Å². The summed E-state index contributed by atoms with van der Waals surface area (Å²) in [4.78, 5) is 12.1. The summed E-state index contributed by atoms with van der Waals surface area (Å²) in [5.74, 6) is 0.671. The van der Waals surface area contributed by atoms with E-state index < -0.39 is 0 Å². The normalized spacial score (nSPS) is 19.1. The lowest BCUT2D eigenvalue weighted by molar-refractivity contribution is 0.0950. The SMILES string of the molecule is Cc1ccc(N)cc1C(=O)NCCC1CCCNC1. The molecule has 1 heterocycles. The van der Waals surface area contributed by atoms with Crippen molar-refractivity contribution in [3.63, 3.8) is 0 Å². The first-order valence-electron chi connectivity index (χ1n) is 7.02. The standard InChI is InChI=1S/C15H23N3O/c1-11-4-5-13(16)9-14(11)15(19)18-8-6-12-3-2-7-17-10-12/h4-5,9,12,17H,2-3,6-8,10,16H2,1H3,(H,18,19). The number of carbonyl (C=O) groups excluding carboxylic acids is 1. The Morgan fingerprint density at radius 2 is 2.37 bits per heavy atom. The molecular formula is C15H23N3O. The van der Waals surface area contributed by atoms with Crippen molar-refractivity contribution in [2.24, 2.45) is 5.92 Å². The highest BCUT2D eigenvalue weighted by atomic mass is 16.1. The Morgan fingerprint density at radius 3 is 3.11 bits per heavy atom. The van der Waals surface area contributed by atoms with Gasteiger partial charge in [-0.3, -0.25) is 4.79 Å². The maximum atomic E-state index is 12.1. The highest BCUT2D eigenvalue weighted by molar-refractivity contribution is 5.96. The predicted molar refractivity (Wildman–Crippen MR) is 78.1 cm³/mol. The summed E-state index contributed by atoms with van der Waals surface area (Å²) in [5.41, 5.74) is 8.00. The number of hydrogen-bond donors (Lipinski definition) is 3. The third kappa shape index (κ3) is 3.96. The summed E-state index contributed by atoms with van der Waals surface area (Å²) in [6, 6.07) is 5.45. The fraction of sp³-hybridized carbons (Fsp3) is 0.533. The summed E-state index contributed by atoms with van der Waals surface area (Å²) < 4.78 is 0. The number of carbonyl (C=O) groups is 1. The fourth-order valence-electron chi connectivity index (χ4n) is 2.54. The zero-order chi connectivity index (χ0) is 13.7. The molecule has 0 aromatic heterocycles. The number of nitrogens with two attached hydrogens (primary N) is 1. The first-order valence-corrected chi connectivity index (χ1v) is 7.02. The molecule has 2 rings (SSSR count). The summed E-state index contributed by atoms with van der Waals surface area (Å²) in [6.07, 6.45) is 3.55. The molecule has 1 aromatic carbocycles. The van der Waals surface area contributed by atoms with Gasteiger partial charge in [0.15, 0.2) is 0 Å². The van der Waals surface area contributed by atoms with Gasteiger partial charge in [0.05, 0.1) is 0 Å². The van der Waals surface area contributed by atoms with Crippen molar-refractivity contribution >= 4 is 11.6 Å². The van der Waals surface area contributed by atoms with Gasteiger partial charge in [0.25, 0.3) is 5.91 Å². The Bertz CT molecular complexity index is 439. The minimum absolute atomic E-state index is 0.0198. The average Bonchev–Trinajstić information content (AvgIpc) is 2.42. The molecule has 1 aliphatic rings. The van der Waals surface area contributed by atoms with Crippen molar-refractivity contribution in [3.8, 4) is 0 Å². The molecule has 1 aliphatic heterocycles. The summed E-state index contributed by atoms with van der Waals surface area (Å²) >= 11 is 0. The maximum Gasteiger partial charge on any atom is 0.251 e. The molecule has 1 atom stereocenters. The average molecular weight is 261 g/mol. The molecule has 1 fully saturated rings. The van der Waals surface area contributed by atoms with E-state index in [1.807, 2.05) is 19.1 Å². The zero-order valence-electron chi connectivity index (χ0n) is 11.5. The molecule has 1 aromatic rings. The van der Waals surface area contributed by atoms with Crippen LogP contribution in [0.5, 0.6) is 0 Å². The molecule has 4 nitrogen and oxygen atoms in total. The third-order valence-electron chi connectivity index (χ3n) is 3.74. The van der Waals surface area contributed by atoms with Gasteiger partial charge in [-0.15, -0.1) is 0 Å². The molecule has 4 heteroatoms. The number of amides is 1. The van der Waals surface area contributed by atoms with Gasteiger partial charge in [-0.25, -0.2) is 0 Å². The molecule has 0 bridgehead atoms. The van der Waals surface area contributed by atoms with Gasteiger partial charge < -0.3 is 16.4 Å². The van der Waals surface area contributed by atoms with Crippen molar-refractivity contribution in [1.82, 2.24) is 10.6 Å². The van der Waals surface area contributed by atoms with Crippen LogP contribution in [-0.2, 0) is 0 Å². The first-order chi connectivity index (χ1) is 9.16. The van der Waals surface area contributed by atoms with Gasteiger partial charge in [-0.2, -0.15) is 0 Å². The molecule has 19 heavy (non-hydrogen) atoms. The fourth-order valence-corrected chi connectivity index (χ4v) is 2.54. The number of benzene rings is 1. The van der Waals surface area contributed by atoms with E-state index in [0.29, 0.717) is 17.2 Å². The van der Waals surface area contributed by atoms with E-state index in [-0.39, 0.29) is 5.91 Å². The smallest absolute Gasteiger partial charge is 0.251 e. The van der Waals surface area contributed by atoms with E-state index in [0.717, 1.165) is 31.6 Å². The van der Waals surface area contributed by atoms with Crippen LogP contribution in [0.15, 0.2) is 18.2 Å². The Kier molecular flexibility index (Phi) is 4.80. The molecule has 0 aliphatic carbocycles. The van der Waals surface area contributed by atoms with Crippen molar-refractivity contribution in [3.05, 3.63) is 29.3 Å². The third-order valence-corrected chi connectivity index (χ3v) is 3.74. The van der Waals surface area contributed by atoms with Crippen LogP contribution in [-0.4, -0.2) is 25.5 Å². The Hall–Kier alpha value is -1.55. The molecule has 1 amide bonds. The molecule has 1 saturated heterocycles. The van der Waals surface area contributed by atoms with Crippen molar-refractivity contribution in [2.75, 3.05) is 25.4 Å². The van der Waals surface area contributed by atoms with Crippen molar-refractivity contribution in [1.29, 1.82) is 0 Å². The second kappa shape index (κ2) is 6.57. The zero-order valence-corrected chi connectivity index (χ0v) is 11.5. The Labute approximate surface area is 114 Å². The number of piperidine rings is 1. The van der Waals surface area contributed by atoms with Crippen LogP contribution < -0.4 is 16.4 Å². The van der Waals surface area contributed by atoms with Gasteiger partial charge in [-0.05, 0) is 62.9 Å². The van der Waals surface area contributed by atoms with Gasteiger partial charge in [-0.1, -0.05) is 6.07 Å². The molecule has 104 valence electrons. The highest BCUT2D eigenvalue weighted by Crippen LogP contribution is 2.14. The summed E-state index contributed by atoms with van der Waals surface area (Å²) in [5, 5.41) is 6.38. The molecule has 0 saturated carbocycles. The lowest BCUT2D eigenvalue weighted by Gasteiger charge is -2.22. The van der Waals surface area contributed by atoms with E-state index in [4.69, 9.17) is 5.73 Å². The first kappa shape index (κ1) is 13.9. The van der Waals surface area contributed by atoms with Gasteiger partial charge in [0, 0.05) is 17.8 Å². The highest BCUT2D eigenvalue weighted by Gasteiger charge is 2.14. The number of hydrogen-bond acceptors (Lipinski definition) is 3. The molecule has 0 spiro atoms. The Morgan fingerprint density at radius 1 is 1.53 bits per heavy atom. The summed E-state index contributed by atoms with van der Waals surface area (Å²) in [7, 11) is 0. The molecule has 0 radical (unpaired) electrons. The van der Waals surface area contributed by atoms with Crippen LogP contribution in [0.2, 0.25) is 0 Å². The van der Waals surface area contributed by atoms with Crippen LogP contribution in [0, 0.1) is 12.8 Å². The molecule has 4 N–H and O–H groups in total. The van der Waals surface area contributed by atoms with Crippen LogP contribution in [0.25, 0.3) is 0 Å². The van der Waals surface area contributed by atoms with Crippen LogP contribution in [0.3, 0.4) is 0 Å². The largest absolute Gasteiger partial charge is 0.399 e. The Balaban J connectivity index is 1.82. The minimum Gasteiger partial charge on any atom is -0.399 e. The number of aryl methyl sites for hydroxylation is 1. The van der Waals surface area contributed by atoms with Crippen LogP contribution in [0.1, 0.15) is 35.2 Å². The second-order valence-corrected chi connectivity index (χ2v) is 5.33. The quantitative estimate of drug-likeness (QED) is 0.723. The molecular weight excluding hydrogens is 238 g/mol. The minimum atomic E-state index is -0.0198. The topological polar surface area (TPSA) is 67.2 Å². The van der Waals surface area contributed by atoms with Gasteiger partial charge in [0.1, 0.15) is 0 Å². The van der Waals surface area contributed by atoms with Gasteiger partial charge in [0.2, 0.25) is 0 Å². The van der Waals surface area contributed by atoms with Crippen LogP contribution in [0.4, 0.5) is 5.69 Å². The predicted octanol–water partition coefficient (Wildman–Crippen LogP) is 1.70. The van der Waals surface area contributed by atoms with Crippen LogP contribution >= 0.6 is 0 Å². The van der Waals surface area contributed by atoms with E-state index in [9.17, 15) is 4.79 Å². The van der Waals surface area contributed by atoms with E-state index >= 15 is 0 Å². The lowest BCUT2D eigenvalue weighted by atomic mass is 9.96. The monoisotopic (exact) mass is 261 g/mol. The van der Waals surface area contributed by atoms with Crippen molar-refractivity contribution < 1.29 is 4.79 Å². The second-order valence-electron chi connectivity index (χ2n) is 5.33. The van der Waals surface area contributed by atoms with Crippen molar-refractivity contribution in [2.45, 2.75) is 26.2 Å². The van der Waals surface area contributed by atoms with Gasteiger partial charge >= 0.3 is 0 Å². The van der Waals surface area contributed by atoms with E-state index in [1.165, 1.54) is 12.8 Å². The number of anilines is 1. The molecule has 1 unspecified atom stereocenters. The number of rotatable bonds is 4. The summed E-state index contributed by atoms with van der Waals surface area (Å²) in [6.45, 7) is 4.87. The number of nitrogens with one attached hydrogen (secondary N) is 2. The lowest BCUT2D eigenvalue weighted by Crippen LogP contribution is -2.33. The van der Waals surface area contributed by atoms with E-state index in [1.54, 1.807) is 6.07 Å². The maximum absolute atomic E-state index is 12.1. The number of nitrogen functional groups attached to an aromatic ring is 1.